The molecule has 1 aromatic heterocycles. The summed E-state index contributed by atoms with van der Waals surface area (Å²) in [5.74, 6) is 0. The average molecular weight is 299 g/mol. The minimum Gasteiger partial charge on any atom is -0.386 e. The van der Waals surface area contributed by atoms with Gasteiger partial charge in [0.1, 0.15) is 6.10 Å². The molecular formula is C13H12Cl2N2O2. The zero-order valence-corrected chi connectivity index (χ0v) is 11.7. The molecule has 0 saturated carbocycles. The molecule has 0 radical (unpaired) electrons. The number of nitrogens with zero attached hydrogens (tertiary/aromatic N) is 2. The van der Waals surface area contributed by atoms with Gasteiger partial charge in [-0.2, -0.15) is 5.10 Å². The number of aliphatic hydroxyl groups is 1. The van der Waals surface area contributed by atoms with Gasteiger partial charge in [0, 0.05) is 21.7 Å². The summed E-state index contributed by atoms with van der Waals surface area (Å²) >= 11 is 11.8. The summed E-state index contributed by atoms with van der Waals surface area (Å²) in [5.41, 5.74) is 0.949. The minimum absolute atomic E-state index is 0.0435. The normalized spacial score (nSPS) is 12.4. The Morgan fingerprint density at radius 1 is 1.32 bits per heavy atom. The number of hydrogen-bond acceptors (Lipinski definition) is 3. The molecule has 2 aromatic rings. The van der Waals surface area contributed by atoms with Crippen molar-refractivity contribution in [1.29, 1.82) is 0 Å². The molecule has 1 heterocycles. The minimum atomic E-state index is -0.920. The van der Waals surface area contributed by atoms with E-state index >= 15 is 0 Å². The number of hydrogen-bond donors (Lipinski definition) is 1. The van der Waals surface area contributed by atoms with Gasteiger partial charge in [0.25, 0.3) is 5.56 Å². The third-order valence-corrected chi connectivity index (χ3v) is 3.23. The summed E-state index contributed by atoms with van der Waals surface area (Å²) < 4.78 is 1.21. The van der Waals surface area contributed by atoms with Crippen molar-refractivity contribution in [3.8, 4) is 0 Å². The summed E-state index contributed by atoms with van der Waals surface area (Å²) in [6.07, 6.45) is -0.920. The lowest BCUT2D eigenvalue weighted by molar-refractivity contribution is 0.149. The topological polar surface area (TPSA) is 55.1 Å². The van der Waals surface area contributed by atoms with E-state index in [4.69, 9.17) is 23.2 Å². The van der Waals surface area contributed by atoms with E-state index in [2.05, 4.69) is 5.10 Å². The Bertz CT molecular complexity index is 655. The Balaban J connectivity index is 2.28. The van der Waals surface area contributed by atoms with Gasteiger partial charge in [0.15, 0.2) is 0 Å². The highest BCUT2D eigenvalue weighted by Crippen LogP contribution is 2.26. The summed E-state index contributed by atoms with van der Waals surface area (Å²) in [6.45, 7) is 1.82. The highest BCUT2D eigenvalue weighted by Gasteiger charge is 2.14. The average Bonchev–Trinajstić information content (AvgIpc) is 2.33. The summed E-state index contributed by atoms with van der Waals surface area (Å²) in [6, 6.07) is 7.86. The molecule has 0 aliphatic carbocycles. The first-order valence-electron chi connectivity index (χ1n) is 5.65. The van der Waals surface area contributed by atoms with Gasteiger partial charge in [-0.25, -0.2) is 4.68 Å². The van der Waals surface area contributed by atoms with Crippen LogP contribution in [0.4, 0.5) is 0 Å². The van der Waals surface area contributed by atoms with Gasteiger partial charge in [0.05, 0.1) is 12.2 Å². The molecule has 6 heteroatoms. The van der Waals surface area contributed by atoms with Gasteiger partial charge < -0.3 is 5.11 Å². The number of aryl methyl sites for hydroxylation is 1. The second kappa shape index (κ2) is 5.74. The van der Waals surface area contributed by atoms with Gasteiger partial charge in [0.2, 0.25) is 0 Å². The highest BCUT2D eigenvalue weighted by molar-refractivity contribution is 6.35. The van der Waals surface area contributed by atoms with Gasteiger partial charge in [-0.3, -0.25) is 4.79 Å². The maximum atomic E-state index is 11.6. The van der Waals surface area contributed by atoms with E-state index in [0.717, 1.165) is 0 Å². The Morgan fingerprint density at radius 3 is 2.74 bits per heavy atom. The van der Waals surface area contributed by atoms with Gasteiger partial charge in [-0.15, -0.1) is 0 Å². The molecule has 0 aliphatic rings. The lowest BCUT2D eigenvalue weighted by atomic mass is 10.1. The van der Waals surface area contributed by atoms with Crippen molar-refractivity contribution < 1.29 is 5.11 Å². The van der Waals surface area contributed by atoms with Gasteiger partial charge in [-0.05, 0) is 25.1 Å². The molecule has 1 unspecified atom stereocenters. The molecule has 1 atom stereocenters. The lowest BCUT2D eigenvalue weighted by Gasteiger charge is -2.14. The van der Waals surface area contributed by atoms with Gasteiger partial charge >= 0.3 is 0 Å². The molecule has 1 N–H and O–H groups in total. The molecule has 100 valence electrons. The Labute approximate surface area is 120 Å². The van der Waals surface area contributed by atoms with Crippen LogP contribution in [0.5, 0.6) is 0 Å². The van der Waals surface area contributed by atoms with Crippen molar-refractivity contribution in [2.75, 3.05) is 0 Å². The van der Waals surface area contributed by atoms with Gasteiger partial charge in [-0.1, -0.05) is 29.3 Å². The number of benzene rings is 1. The largest absolute Gasteiger partial charge is 0.386 e. The van der Waals surface area contributed by atoms with Crippen LogP contribution in [-0.2, 0) is 6.54 Å². The maximum Gasteiger partial charge on any atom is 0.266 e. The second-order valence-electron chi connectivity index (χ2n) is 4.18. The van der Waals surface area contributed by atoms with Crippen LogP contribution in [0.15, 0.2) is 35.1 Å². The first kappa shape index (κ1) is 14.1. The lowest BCUT2D eigenvalue weighted by Crippen LogP contribution is -2.25. The van der Waals surface area contributed by atoms with E-state index in [1.807, 2.05) is 0 Å². The number of rotatable bonds is 3. The SMILES string of the molecule is Cc1ccc(=O)n(CC(O)c2ccc(Cl)cc2Cl)n1. The van der Waals surface area contributed by atoms with E-state index in [9.17, 15) is 9.90 Å². The number of aromatic nitrogens is 2. The van der Waals surface area contributed by atoms with Crippen molar-refractivity contribution in [2.24, 2.45) is 0 Å². The van der Waals surface area contributed by atoms with Crippen molar-refractivity contribution in [3.63, 3.8) is 0 Å². The van der Waals surface area contributed by atoms with E-state index in [-0.39, 0.29) is 12.1 Å². The van der Waals surface area contributed by atoms with Crippen molar-refractivity contribution in [3.05, 3.63) is 62.0 Å². The van der Waals surface area contributed by atoms with Crippen LogP contribution < -0.4 is 5.56 Å². The molecule has 0 amide bonds. The van der Waals surface area contributed by atoms with Crippen molar-refractivity contribution >= 4 is 23.2 Å². The van der Waals surface area contributed by atoms with E-state index in [1.165, 1.54) is 10.7 Å². The molecule has 0 spiro atoms. The van der Waals surface area contributed by atoms with Crippen molar-refractivity contribution in [2.45, 2.75) is 19.6 Å². The quantitative estimate of drug-likeness (QED) is 0.947. The Kier molecular flexibility index (Phi) is 4.24. The molecular weight excluding hydrogens is 287 g/mol. The molecule has 2 rings (SSSR count). The van der Waals surface area contributed by atoms with Crippen LogP contribution in [0, 0.1) is 6.92 Å². The predicted molar refractivity (Wildman–Crippen MR) is 74.7 cm³/mol. The second-order valence-corrected chi connectivity index (χ2v) is 5.02. The van der Waals surface area contributed by atoms with Crippen LogP contribution >= 0.6 is 23.2 Å². The number of halogens is 2. The van der Waals surface area contributed by atoms with Crippen LogP contribution in [0.3, 0.4) is 0 Å². The van der Waals surface area contributed by atoms with Crippen molar-refractivity contribution in [1.82, 2.24) is 9.78 Å². The maximum absolute atomic E-state index is 11.6. The molecule has 4 nitrogen and oxygen atoms in total. The molecule has 1 aromatic carbocycles. The van der Waals surface area contributed by atoms with Crippen LogP contribution in [0.1, 0.15) is 17.4 Å². The highest BCUT2D eigenvalue weighted by atomic mass is 35.5. The van der Waals surface area contributed by atoms with Crippen LogP contribution in [-0.4, -0.2) is 14.9 Å². The Morgan fingerprint density at radius 2 is 2.05 bits per heavy atom. The summed E-state index contributed by atoms with van der Waals surface area (Å²) in [5, 5.41) is 15.0. The monoisotopic (exact) mass is 298 g/mol. The smallest absolute Gasteiger partial charge is 0.266 e. The zero-order chi connectivity index (χ0) is 14.0. The molecule has 0 aliphatic heterocycles. The van der Waals surface area contributed by atoms with E-state index in [0.29, 0.717) is 21.3 Å². The van der Waals surface area contributed by atoms with E-state index in [1.54, 1.807) is 31.2 Å². The first-order chi connectivity index (χ1) is 8.97. The fraction of sp³-hybridized carbons (Fsp3) is 0.231. The number of aliphatic hydroxyl groups excluding tert-OH is 1. The van der Waals surface area contributed by atoms with Crippen LogP contribution in [0.25, 0.3) is 0 Å². The summed E-state index contributed by atoms with van der Waals surface area (Å²) in [7, 11) is 0. The predicted octanol–water partition coefficient (Wildman–Crippen LogP) is 2.59. The molecule has 0 saturated heterocycles. The fourth-order valence-corrected chi connectivity index (χ4v) is 2.25. The molecule has 0 bridgehead atoms. The fourth-order valence-electron chi connectivity index (χ4n) is 1.72. The molecule has 19 heavy (non-hydrogen) atoms. The zero-order valence-electron chi connectivity index (χ0n) is 10.2. The Hall–Kier alpha value is -1.36. The molecule has 0 fully saturated rings. The summed E-state index contributed by atoms with van der Waals surface area (Å²) in [4.78, 5) is 11.6. The first-order valence-corrected chi connectivity index (χ1v) is 6.41. The van der Waals surface area contributed by atoms with Crippen LogP contribution in [0.2, 0.25) is 10.0 Å². The van der Waals surface area contributed by atoms with E-state index < -0.39 is 6.10 Å². The third-order valence-electron chi connectivity index (χ3n) is 2.67. The third kappa shape index (κ3) is 3.35. The standard InChI is InChI=1S/C13H12Cl2N2O2/c1-8-2-5-13(19)17(16-8)7-12(18)10-4-3-9(14)6-11(10)15/h2-6,12,18H,7H2,1H3.